The van der Waals surface area contributed by atoms with Gasteiger partial charge >= 0.3 is 18.5 Å². The predicted molar refractivity (Wildman–Crippen MR) is 525 cm³/mol. The van der Waals surface area contributed by atoms with Gasteiger partial charge < -0.3 is 21.4 Å². The lowest BCUT2D eigenvalue weighted by atomic mass is 9.96. The number of rotatable bonds is 22. The van der Waals surface area contributed by atoms with E-state index in [1.165, 1.54) is 30.6 Å². The number of imidazole rings is 1. The summed E-state index contributed by atoms with van der Waals surface area (Å²) >= 11 is 6.63. The zero-order valence-electron chi connectivity index (χ0n) is 78.6. The molecule has 0 amide bonds. The topological polar surface area (TPSA) is 290 Å². The van der Waals surface area contributed by atoms with Gasteiger partial charge in [0.2, 0.25) is 0 Å². The summed E-state index contributed by atoms with van der Waals surface area (Å²) in [5.74, 6) is 24.3. The number of nitrogens with zero attached hydrogens (tertiary/aromatic N) is 13. The summed E-state index contributed by atoms with van der Waals surface area (Å²) in [6, 6.07) is 37.9. The smallest absolute Gasteiger partial charge is 0.377 e. The number of fused-ring (bicyclic) bond motifs is 1. The number of alkyl halides is 9. The van der Waals surface area contributed by atoms with Crippen molar-refractivity contribution in [3.63, 3.8) is 0 Å². The first-order valence-electron chi connectivity index (χ1n) is 45.5. The van der Waals surface area contributed by atoms with Gasteiger partial charge in [-0.1, -0.05) is 127 Å². The minimum absolute atomic E-state index is 0.0207. The molecular weight excluding hydrogens is 1840 g/mol. The van der Waals surface area contributed by atoms with Crippen molar-refractivity contribution >= 4 is 57.1 Å². The van der Waals surface area contributed by atoms with E-state index in [-0.39, 0.29) is 103 Å². The molecule has 1 saturated heterocycles. The summed E-state index contributed by atoms with van der Waals surface area (Å²) in [5.41, 5.74) is 24.2. The Labute approximate surface area is 821 Å². The fraction of sp³-hybridized carbons (Fsp3) is 0.252. The van der Waals surface area contributed by atoms with E-state index < -0.39 is 35.2 Å². The third kappa shape index (κ3) is 29.1. The molecule has 8 aromatic heterocycles. The lowest BCUT2D eigenvalue weighted by Gasteiger charge is -2.37. The molecule has 1 unspecified atom stereocenters. The molecule has 1 aliphatic carbocycles. The van der Waals surface area contributed by atoms with Gasteiger partial charge in [-0.3, -0.25) is 58.7 Å². The number of benzene rings is 6. The number of carbonyl (C=O) groups is 5. The van der Waals surface area contributed by atoms with Crippen molar-refractivity contribution in [2.45, 2.75) is 149 Å². The summed E-state index contributed by atoms with van der Waals surface area (Å²) in [6.45, 7) is 18.7. The van der Waals surface area contributed by atoms with Crippen molar-refractivity contribution < 1.29 is 63.5 Å². The fourth-order valence-corrected chi connectivity index (χ4v) is 15.8. The van der Waals surface area contributed by atoms with Gasteiger partial charge in [-0.15, -0.1) is 0 Å². The molecule has 31 heteroatoms. The molecule has 722 valence electrons. The molecule has 0 bridgehead atoms. The van der Waals surface area contributed by atoms with Gasteiger partial charge in [0.15, 0.2) is 28.9 Å². The number of nitrogens with one attached hydrogen (secondary N) is 1. The summed E-state index contributed by atoms with van der Waals surface area (Å²) in [7, 11) is 0. The van der Waals surface area contributed by atoms with Crippen LogP contribution in [0.2, 0.25) is 5.02 Å². The van der Waals surface area contributed by atoms with Crippen molar-refractivity contribution in [3.8, 4) is 53.1 Å². The number of piperazine rings is 1. The number of halogens is 10. The zero-order valence-corrected chi connectivity index (χ0v) is 79.4. The molecule has 2 aliphatic rings. The van der Waals surface area contributed by atoms with Crippen LogP contribution in [-0.2, 0) is 62.1 Å². The van der Waals surface area contributed by atoms with E-state index in [4.69, 9.17) is 23.1 Å². The molecule has 6 aromatic carbocycles. The van der Waals surface area contributed by atoms with E-state index in [0.29, 0.717) is 84.3 Å². The maximum Gasteiger partial charge on any atom is 0.418 e. The molecule has 2 fully saturated rings. The third-order valence-corrected chi connectivity index (χ3v) is 24.1. The first-order valence-corrected chi connectivity index (χ1v) is 45.9. The highest BCUT2D eigenvalue weighted by Crippen LogP contribution is 2.38. The highest BCUT2D eigenvalue weighted by atomic mass is 35.5. The van der Waals surface area contributed by atoms with Crippen LogP contribution in [0.4, 0.5) is 45.2 Å². The Hall–Kier alpha value is -15.4. The Morgan fingerprint density at radius 3 is 1.67 bits per heavy atom. The minimum Gasteiger partial charge on any atom is -0.377 e. The zero-order chi connectivity index (χ0) is 101. The van der Waals surface area contributed by atoms with Gasteiger partial charge in [-0.05, 0) is 191 Å². The van der Waals surface area contributed by atoms with Gasteiger partial charge in [0, 0.05) is 228 Å². The number of hydrogen-bond donors (Lipinski definition) is 3. The lowest BCUT2D eigenvalue weighted by Crippen LogP contribution is -2.48. The van der Waals surface area contributed by atoms with E-state index in [2.05, 4.69) is 126 Å². The van der Waals surface area contributed by atoms with Crippen LogP contribution in [0.15, 0.2) is 239 Å². The fourth-order valence-electron chi connectivity index (χ4n) is 15.6. The number of nitrogens with two attached hydrogens (primary N) is 2. The van der Waals surface area contributed by atoms with Crippen molar-refractivity contribution in [3.05, 3.63) is 389 Å². The number of ketones is 5. The third-order valence-electron chi connectivity index (χ3n) is 23.7. The predicted octanol–water partition coefficient (Wildman–Crippen LogP) is 19.9. The lowest BCUT2D eigenvalue weighted by molar-refractivity contribution is -0.138. The van der Waals surface area contributed by atoms with Crippen LogP contribution in [0.5, 0.6) is 0 Å². The van der Waals surface area contributed by atoms with Crippen LogP contribution in [0.3, 0.4) is 0 Å². The first-order chi connectivity index (χ1) is 68.0. The van der Waals surface area contributed by atoms with Gasteiger partial charge in [-0.2, -0.15) is 39.5 Å². The summed E-state index contributed by atoms with van der Waals surface area (Å²) in [5, 5.41) is 4.15. The summed E-state index contributed by atoms with van der Waals surface area (Å²) < 4.78 is 121. The Bertz CT molecular complexity index is 7220. The maximum absolute atomic E-state index is 13.6. The molecule has 1 saturated carbocycles. The molecule has 1 aliphatic heterocycles. The molecule has 14 aromatic rings. The molecule has 142 heavy (non-hydrogen) atoms. The van der Waals surface area contributed by atoms with Crippen molar-refractivity contribution in [1.29, 1.82) is 0 Å². The number of Topliss-reactive ketones (excluding diaryl/α,β-unsaturated/α-hetero) is 5. The monoisotopic (exact) mass is 1940 g/mol. The van der Waals surface area contributed by atoms with Gasteiger partial charge in [0.05, 0.1) is 76.8 Å². The summed E-state index contributed by atoms with van der Waals surface area (Å²) in [4.78, 5) is 110. The standard InChI is InChI=1S/C32H32ClN5O.C27H24F3N3O.C26H20F3N5O.C26H22F3N3O2/c1-22(2)38-13-11-37(12-14-38)21-28-20-36-29(16-30(28)33)17-31(39)25-7-6-23(3)24(15-25)8-9-27-19-34-18-26-5-4-10-35-32(26)27;1-17-2-4-21(26(34)14-25-13-23(8-9-33-25)27(28,29)30)11-19(17)5-3-18-10-22(16-32-15-18)20-6-7-24(31)12-20;1-17-9-23(34-8-7-31-16-34)22(12-20(17)6-5-19-14-32-25(13-30)33-15-19)24(35)11-18-3-2-4-21(10-18)26(27,28)29;1-3-22(33)15-32-24-9-6-18(10-23(24)26(27,28)29)11-25(34)21-7-4-17(2)20(12-21)8-5-19-13-30-16-31-14-19/h4-7,10,15-16,18-20,22H,11-14,17,21H2,1-3H3;2,4,8-11,13,15-16,20,24H,6-7,12,14,31H2,1H3;2-4,7-10,12,14-16H,11,13,30H2,1H3;4,6-7,9-10,12-14,16,32H,3,11,15H2,1-2H3/t;20?,24-;;/m.0../s1. The highest BCUT2D eigenvalue weighted by molar-refractivity contribution is 6.31. The molecular formula is C111H98ClF9N16O5. The van der Waals surface area contributed by atoms with E-state index in [1.54, 1.807) is 128 Å². The van der Waals surface area contributed by atoms with Crippen molar-refractivity contribution in [2.24, 2.45) is 11.5 Å². The molecule has 21 nitrogen and oxygen atoms in total. The Morgan fingerprint density at radius 1 is 0.500 bits per heavy atom. The quantitative estimate of drug-likeness (QED) is 0.0323. The van der Waals surface area contributed by atoms with Crippen LogP contribution in [-0.4, -0.2) is 138 Å². The Morgan fingerprint density at radius 2 is 1.08 bits per heavy atom. The van der Waals surface area contributed by atoms with Crippen molar-refractivity contribution in [1.82, 2.24) is 64.2 Å². The Balaban J connectivity index is 0.000000159. The molecule has 5 N–H and O–H groups in total. The largest absolute Gasteiger partial charge is 0.418 e. The van der Waals surface area contributed by atoms with E-state index in [1.807, 2.05) is 82.6 Å². The van der Waals surface area contributed by atoms with Crippen LogP contribution < -0.4 is 16.8 Å². The van der Waals surface area contributed by atoms with Crippen LogP contribution in [0, 0.1) is 75.1 Å². The molecule has 2 atom stereocenters. The van der Waals surface area contributed by atoms with Gasteiger partial charge in [0.1, 0.15) is 12.2 Å². The molecule has 16 rings (SSSR count). The average molecular weight is 1940 g/mol. The number of anilines is 1. The molecule has 9 heterocycles. The second kappa shape index (κ2) is 48.0. The number of carbonyl (C=O) groups excluding carboxylic acids is 5. The van der Waals surface area contributed by atoms with Crippen LogP contribution in [0.1, 0.15) is 217 Å². The number of pyridine rings is 5. The highest BCUT2D eigenvalue weighted by Gasteiger charge is 2.36. The SMILES string of the molecule is CCC(=O)CNc1ccc(CC(=O)c2ccc(C)c(C#Cc3cncnc3)c2)cc1C(F)(F)F.Cc1cc(-n2ccnc2)c(C(=O)Cc2cccc(C(F)(F)F)c2)cc1C#Cc1cnc(CN)nc1.Cc1ccc(C(=O)Cc2cc(C(F)(F)F)ccn2)cc1C#Cc1cncc(C2CC[C@H](N)C2)c1.Cc1ccc(C(=O)Cc2cc(Cl)c(CN3CCN(C(C)C)CC3)cn2)cc1C#Cc1cncc2cccnc12. The number of aryl methyl sites for hydroxylation is 4. The maximum atomic E-state index is 13.6. The minimum atomic E-state index is -4.63. The molecule has 0 spiro atoms. The normalized spacial score (nSPS) is 13.5. The van der Waals surface area contributed by atoms with E-state index >= 15 is 0 Å². The van der Waals surface area contributed by atoms with E-state index in [9.17, 15) is 63.5 Å². The summed E-state index contributed by atoms with van der Waals surface area (Å²) in [6.07, 6.45) is 13.4. The first kappa shape index (κ1) is 104. The van der Waals surface area contributed by atoms with E-state index in [0.717, 1.165) is 149 Å². The van der Waals surface area contributed by atoms with Crippen molar-refractivity contribution in [2.75, 3.05) is 38.0 Å². The number of aromatic nitrogens is 11. The van der Waals surface area contributed by atoms with Gasteiger partial charge in [-0.25, -0.2) is 24.9 Å². The van der Waals surface area contributed by atoms with Crippen LogP contribution in [0.25, 0.3) is 16.6 Å². The second-order valence-electron chi connectivity index (χ2n) is 34.4. The second-order valence-corrected chi connectivity index (χ2v) is 34.8. The van der Waals surface area contributed by atoms with Gasteiger partial charge in [0.25, 0.3) is 0 Å². The molecule has 0 radical (unpaired) electrons. The van der Waals surface area contributed by atoms with Crippen LogP contribution >= 0.6 is 11.6 Å². The Kier molecular flexibility index (Phi) is 35.1. The number of hydrogen-bond acceptors (Lipinski definition) is 20. The average Bonchev–Trinajstić information content (AvgIpc) is 1.17.